The van der Waals surface area contributed by atoms with Crippen molar-refractivity contribution >= 4 is 22.5 Å². The van der Waals surface area contributed by atoms with E-state index in [1.807, 2.05) is 12.1 Å². The van der Waals surface area contributed by atoms with Gasteiger partial charge in [0, 0.05) is 40.3 Å². The molecule has 0 saturated carbocycles. The lowest BCUT2D eigenvalue weighted by molar-refractivity contribution is -0.0126. The number of phenols is 1. The number of rotatable bonds is 3. The van der Waals surface area contributed by atoms with Gasteiger partial charge in [0.1, 0.15) is 5.75 Å². The Labute approximate surface area is 152 Å². The highest BCUT2D eigenvalue weighted by atomic mass is 35.5. The van der Waals surface area contributed by atoms with E-state index in [2.05, 4.69) is 35.0 Å². The minimum Gasteiger partial charge on any atom is -0.508 e. The zero-order valence-corrected chi connectivity index (χ0v) is 14.9. The van der Waals surface area contributed by atoms with E-state index >= 15 is 0 Å². The van der Waals surface area contributed by atoms with E-state index in [-0.39, 0.29) is 11.8 Å². The normalized spacial score (nSPS) is 18.7. The number of hydrogen-bond acceptors (Lipinski definition) is 3. The van der Waals surface area contributed by atoms with Crippen molar-refractivity contribution in [2.45, 2.75) is 19.5 Å². The van der Waals surface area contributed by atoms with Crippen LogP contribution in [0.3, 0.4) is 0 Å². The van der Waals surface area contributed by atoms with Gasteiger partial charge in [0.15, 0.2) is 0 Å². The molecule has 0 bridgehead atoms. The van der Waals surface area contributed by atoms with Gasteiger partial charge in [-0.2, -0.15) is 0 Å². The van der Waals surface area contributed by atoms with Crippen LogP contribution in [0.4, 0.5) is 0 Å². The maximum atomic E-state index is 10.2. The number of aromatic amines is 1. The van der Waals surface area contributed by atoms with Crippen LogP contribution in [0.2, 0.25) is 5.02 Å². The first-order chi connectivity index (χ1) is 12.1. The molecule has 25 heavy (non-hydrogen) atoms. The van der Waals surface area contributed by atoms with Gasteiger partial charge in [0.05, 0.1) is 19.3 Å². The van der Waals surface area contributed by atoms with Crippen LogP contribution in [0.5, 0.6) is 5.75 Å². The zero-order valence-electron chi connectivity index (χ0n) is 14.1. The third-order valence-corrected chi connectivity index (χ3v) is 5.17. The van der Waals surface area contributed by atoms with Crippen LogP contribution in [-0.2, 0) is 11.3 Å². The molecular weight excluding hydrogens is 336 g/mol. The van der Waals surface area contributed by atoms with Crippen molar-refractivity contribution in [1.82, 2.24) is 9.88 Å². The summed E-state index contributed by atoms with van der Waals surface area (Å²) in [6, 6.07) is 13.7. The van der Waals surface area contributed by atoms with E-state index in [0.717, 1.165) is 23.3 Å². The number of halogens is 1. The molecule has 2 N–H and O–H groups in total. The lowest BCUT2D eigenvalue weighted by Crippen LogP contribution is -2.39. The summed E-state index contributed by atoms with van der Waals surface area (Å²) in [6.07, 6.45) is 0. The fraction of sp³-hybridized carbons (Fsp3) is 0.300. The molecule has 0 spiro atoms. The van der Waals surface area contributed by atoms with E-state index in [0.29, 0.717) is 24.8 Å². The molecule has 0 aliphatic carbocycles. The quantitative estimate of drug-likeness (QED) is 0.730. The van der Waals surface area contributed by atoms with E-state index < -0.39 is 0 Å². The van der Waals surface area contributed by atoms with Gasteiger partial charge >= 0.3 is 0 Å². The van der Waals surface area contributed by atoms with Crippen LogP contribution < -0.4 is 0 Å². The van der Waals surface area contributed by atoms with Crippen molar-refractivity contribution in [3.05, 3.63) is 64.3 Å². The van der Waals surface area contributed by atoms with Crippen LogP contribution >= 0.6 is 11.6 Å². The van der Waals surface area contributed by atoms with E-state index in [4.69, 9.17) is 16.3 Å². The average Bonchev–Trinajstić information content (AvgIpc) is 2.94. The summed E-state index contributed by atoms with van der Waals surface area (Å²) in [5.41, 5.74) is 4.43. The summed E-state index contributed by atoms with van der Waals surface area (Å²) < 4.78 is 5.79. The Hall–Kier alpha value is -2.01. The van der Waals surface area contributed by atoms with Gasteiger partial charge < -0.3 is 14.8 Å². The molecule has 0 amide bonds. The number of nitrogens with one attached hydrogen (secondary N) is 1. The highest BCUT2D eigenvalue weighted by Gasteiger charge is 2.29. The number of aromatic hydroxyl groups is 1. The number of phenolic OH excluding ortho intramolecular Hbond substituents is 1. The molecule has 1 aromatic heterocycles. The highest BCUT2D eigenvalue weighted by molar-refractivity contribution is 6.30. The minimum atomic E-state index is 0.142. The molecule has 2 heterocycles. The largest absolute Gasteiger partial charge is 0.508 e. The SMILES string of the molecule is Cc1[nH]c2ccccc2c1C1COCCN1Cc1cc(Cl)ccc1O. The molecule has 5 heteroatoms. The molecule has 3 aromatic rings. The molecule has 1 atom stereocenters. The Kier molecular flexibility index (Phi) is 4.42. The maximum absolute atomic E-state index is 10.2. The van der Waals surface area contributed by atoms with Gasteiger partial charge in [0.2, 0.25) is 0 Å². The van der Waals surface area contributed by atoms with Gasteiger partial charge in [-0.25, -0.2) is 0 Å². The zero-order chi connectivity index (χ0) is 17.4. The third kappa shape index (κ3) is 3.13. The van der Waals surface area contributed by atoms with E-state index in [1.165, 1.54) is 10.9 Å². The van der Waals surface area contributed by atoms with Crippen molar-refractivity contribution in [3.8, 4) is 5.75 Å². The number of H-pyrrole nitrogens is 1. The van der Waals surface area contributed by atoms with Crippen molar-refractivity contribution < 1.29 is 9.84 Å². The Balaban J connectivity index is 1.71. The van der Waals surface area contributed by atoms with E-state index in [1.54, 1.807) is 12.1 Å². The molecule has 1 fully saturated rings. The summed E-state index contributed by atoms with van der Waals surface area (Å²) in [5, 5.41) is 12.1. The highest BCUT2D eigenvalue weighted by Crippen LogP contribution is 2.35. The minimum absolute atomic E-state index is 0.142. The second-order valence-electron chi connectivity index (χ2n) is 6.54. The van der Waals surface area contributed by atoms with Crippen molar-refractivity contribution in [3.63, 3.8) is 0 Å². The van der Waals surface area contributed by atoms with Crippen LogP contribution in [-0.4, -0.2) is 34.7 Å². The predicted octanol–water partition coefficient (Wildman–Crippen LogP) is 4.41. The van der Waals surface area contributed by atoms with Gasteiger partial charge in [-0.3, -0.25) is 4.90 Å². The number of aromatic nitrogens is 1. The lowest BCUT2D eigenvalue weighted by atomic mass is 10.00. The molecule has 130 valence electrons. The number of morpholine rings is 1. The summed E-state index contributed by atoms with van der Waals surface area (Å²) in [6.45, 7) is 4.90. The molecule has 1 unspecified atom stereocenters. The first-order valence-electron chi connectivity index (χ1n) is 8.50. The predicted molar refractivity (Wildman–Crippen MR) is 100 cm³/mol. The fourth-order valence-electron chi connectivity index (χ4n) is 3.72. The lowest BCUT2D eigenvalue weighted by Gasteiger charge is -2.36. The topological polar surface area (TPSA) is 48.5 Å². The van der Waals surface area contributed by atoms with Gasteiger partial charge in [-0.15, -0.1) is 0 Å². The number of benzene rings is 2. The molecule has 1 aliphatic rings. The first-order valence-corrected chi connectivity index (χ1v) is 8.87. The smallest absolute Gasteiger partial charge is 0.120 e. The number of fused-ring (bicyclic) bond motifs is 1. The monoisotopic (exact) mass is 356 g/mol. The second-order valence-corrected chi connectivity index (χ2v) is 6.98. The first kappa shape index (κ1) is 16.5. The third-order valence-electron chi connectivity index (χ3n) is 4.93. The van der Waals surface area contributed by atoms with Gasteiger partial charge in [0.25, 0.3) is 0 Å². The Morgan fingerprint density at radius 1 is 1.28 bits per heavy atom. The molecule has 1 aliphatic heterocycles. The maximum Gasteiger partial charge on any atom is 0.120 e. The standard InChI is InChI=1S/C20H21ClN2O2/c1-13-20(16-4-2-3-5-17(16)22-13)18-12-25-9-8-23(18)11-14-10-15(21)6-7-19(14)24/h2-7,10,18,22,24H,8-9,11-12H2,1H3. The van der Waals surface area contributed by atoms with Crippen LogP contribution in [0.15, 0.2) is 42.5 Å². The summed E-state index contributed by atoms with van der Waals surface area (Å²) in [7, 11) is 0. The number of para-hydroxylation sites is 1. The average molecular weight is 357 g/mol. The Bertz CT molecular complexity index is 906. The number of aryl methyl sites for hydroxylation is 1. The van der Waals surface area contributed by atoms with E-state index in [9.17, 15) is 5.11 Å². The Morgan fingerprint density at radius 2 is 2.12 bits per heavy atom. The summed E-state index contributed by atoms with van der Waals surface area (Å²) in [4.78, 5) is 5.84. The second kappa shape index (κ2) is 6.71. The van der Waals surface area contributed by atoms with Gasteiger partial charge in [-0.1, -0.05) is 29.8 Å². The number of ether oxygens (including phenoxy) is 1. The van der Waals surface area contributed by atoms with Crippen LogP contribution in [0, 0.1) is 6.92 Å². The van der Waals surface area contributed by atoms with Gasteiger partial charge in [-0.05, 0) is 36.8 Å². The Morgan fingerprint density at radius 3 is 3.00 bits per heavy atom. The van der Waals surface area contributed by atoms with Crippen LogP contribution in [0.25, 0.3) is 10.9 Å². The van der Waals surface area contributed by atoms with Crippen molar-refractivity contribution in [1.29, 1.82) is 0 Å². The molecule has 2 aromatic carbocycles. The molecule has 4 nitrogen and oxygen atoms in total. The number of nitrogens with zero attached hydrogens (tertiary/aromatic N) is 1. The molecular formula is C20H21ClN2O2. The molecule has 1 saturated heterocycles. The van der Waals surface area contributed by atoms with Crippen LogP contribution in [0.1, 0.15) is 22.9 Å². The fourth-order valence-corrected chi connectivity index (χ4v) is 3.92. The molecule has 4 rings (SSSR count). The number of hydrogen-bond donors (Lipinski definition) is 2. The molecule has 0 radical (unpaired) electrons. The summed E-state index contributed by atoms with van der Waals surface area (Å²) >= 11 is 6.11. The van der Waals surface area contributed by atoms with Crippen molar-refractivity contribution in [2.75, 3.05) is 19.8 Å². The van der Waals surface area contributed by atoms with Crippen molar-refractivity contribution in [2.24, 2.45) is 0 Å². The summed E-state index contributed by atoms with van der Waals surface area (Å²) in [5.74, 6) is 0.283.